The smallest absolute Gasteiger partial charge is 0.309 e. The highest BCUT2D eigenvalue weighted by molar-refractivity contribution is 7.10. The summed E-state index contributed by atoms with van der Waals surface area (Å²) in [7, 11) is 0. The average Bonchev–Trinajstić information content (AvgIpc) is 3.38. The molecule has 3 aromatic rings. The van der Waals surface area contributed by atoms with Crippen molar-refractivity contribution in [2.45, 2.75) is 12.1 Å². The van der Waals surface area contributed by atoms with E-state index < -0.39 is 17.4 Å². The molecule has 3 heterocycles. The summed E-state index contributed by atoms with van der Waals surface area (Å²) >= 11 is 4.39. The van der Waals surface area contributed by atoms with Gasteiger partial charge in [0.2, 0.25) is 0 Å². The van der Waals surface area contributed by atoms with E-state index in [1.807, 2.05) is 51.2 Å². The molecule has 5 nitrogen and oxygen atoms in total. The van der Waals surface area contributed by atoms with Crippen molar-refractivity contribution in [2.75, 3.05) is 6.54 Å². The van der Waals surface area contributed by atoms with E-state index in [9.17, 15) is 14.7 Å². The molecule has 25 heavy (non-hydrogen) atoms. The van der Waals surface area contributed by atoms with Crippen molar-refractivity contribution >= 4 is 45.8 Å². The minimum atomic E-state index is -1.35. The van der Waals surface area contributed by atoms with Gasteiger partial charge in [-0.15, -0.1) is 11.3 Å². The second-order valence-electron chi connectivity index (χ2n) is 5.35. The SMILES string of the molecule is O=C(NCc1ccsc1)C(=O)NCC(O)(c1ccsc1)c1cccs1. The molecule has 1 atom stereocenters. The van der Waals surface area contributed by atoms with Crippen LogP contribution in [0, 0.1) is 0 Å². The molecule has 0 aliphatic heterocycles. The van der Waals surface area contributed by atoms with E-state index in [0.717, 1.165) is 5.56 Å². The van der Waals surface area contributed by atoms with E-state index in [1.54, 1.807) is 0 Å². The number of carbonyl (C=O) groups is 2. The Morgan fingerprint density at radius 1 is 1.00 bits per heavy atom. The Morgan fingerprint density at radius 2 is 1.76 bits per heavy atom. The molecule has 0 fully saturated rings. The normalized spacial score (nSPS) is 13.2. The summed E-state index contributed by atoms with van der Waals surface area (Å²) in [5.41, 5.74) is 0.288. The third kappa shape index (κ3) is 4.16. The molecule has 0 saturated carbocycles. The Balaban J connectivity index is 1.63. The highest BCUT2D eigenvalue weighted by Gasteiger charge is 2.34. The van der Waals surface area contributed by atoms with Gasteiger partial charge in [-0.25, -0.2) is 0 Å². The largest absolute Gasteiger partial charge is 0.378 e. The van der Waals surface area contributed by atoms with Crippen LogP contribution in [0.15, 0.2) is 51.2 Å². The van der Waals surface area contributed by atoms with Crippen molar-refractivity contribution in [2.24, 2.45) is 0 Å². The van der Waals surface area contributed by atoms with Crippen molar-refractivity contribution in [3.8, 4) is 0 Å². The van der Waals surface area contributed by atoms with Crippen LogP contribution in [0.2, 0.25) is 0 Å². The highest BCUT2D eigenvalue weighted by Crippen LogP contribution is 2.33. The van der Waals surface area contributed by atoms with E-state index in [2.05, 4.69) is 10.6 Å². The molecule has 0 radical (unpaired) electrons. The first-order valence-corrected chi connectivity index (χ1v) is 10.2. The van der Waals surface area contributed by atoms with Crippen LogP contribution >= 0.6 is 34.0 Å². The quantitative estimate of drug-likeness (QED) is 0.564. The number of amides is 2. The fourth-order valence-electron chi connectivity index (χ4n) is 2.29. The molecule has 0 saturated heterocycles. The Bertz CT molecular complexity index is 777. The third-order valence-electron chi connectivity index (χ3n) is 3.67. The predicted molar refractivity (Wildman–Crippen MR) is 101 cm³/mol. The van der Waals surface area contributed by atoms with E-state index in [-0.39, 0.29) is 6.54 Å². The van der Waals surface area contributed by atoms with Crippen LogP contribution in [0.3, 0.4) is 0 Å². The number of thiophene rings is 3. The first kappa shape index (κ1) is 17.8. The topological polar surface area (TPSA) is 78.4 Å². The van der Waals surface area contributed by atoms with Gasteiger partial charge in [-0.2, -0.15) is 22.7 Å². The number of rotatable bonds is 6. The second kappa shape index (κ2) is 7.92. The van der Waals surface area contributed by atoms with Gasteiger partial charge in [-0.3, -0.25) is 9.59 Å². The lowest BCUT2D eigenvalue weighted by atomic mass is 9.94. The predicted octanol–water partition coefficient (Wildman–Crippen LogP) is 2.54. The first-order chi connectivity index (χ1) is 12.1. The first-order valence-electron chi connectivity index (χ1n) is 7.46. The Labute approximate surface area is 157 Å². The summed E-state index contributed by atoms with van der Waals surface area (Å²) < 4.78 is 0. The van der Waals surface area contributed by atoms with Crippen LogP contribution in [0.5, 0.6) is 0 Å². The molecular formula is C17H16N2O3S3. The molecule has 0 spiro atoms. The molecule has 0 bridgehead atoms. The van der Waals surface area contributed by atoms with Gasteiger partial charge in [-0.05, 0) is 50.7 Å². The second-order valence-corrected chi connectivity index (χ2v) is 7.85. The zero-order valence-corrected chi connectivity index (χ0v) is 15.5. The molecule has 130 valence electrons. The number of nitrogens with one attached hydrogen (secondary N) is 2. The standard InChI is InChI=1S/C17H16N2O3S3/c20-15(18-8-12-3-6-23-9-12)16(21)19-11-17(22,13-4-7-24-10-13)14-2-1-5-25-14/h1-7,9-10,22H,8,11H2,(H,18,20)(H,19,21). The van der Waals surface area contributed by atoms with Crippen LogP contribution in [-0.4, -0.2) is 23.5 Å². The van der Waals surface area contributed by atoms with Gasteiger partial charge in [0.15, 0.2) is 0 Å². The van der Waals surface area contributed by atoms with Crippen molar-refractivity contribution in [3.63, 3.8) is 0 Å². The van der Waals surface area contributed by atoms with Gasteiger partial charge in [-0.1, -0.05) is 6.07 Å². The number of carbonyl (C=O) groups excluding carboxylic acids is 2. The van der Waals surface area contributed by atoms with Crippen molar-refractivity contribution in [1.82, 2.24) is 10.6 Å². The summed E-state index contributed by atoms with van der Waals surface area (Å²) in [5.74, 6) is -1.48. The van der Waals surface area contributed by atoms with Crippen LogP contribution in [0.1, 0.15) is 16.0 Å². The van der Waals surface area contributed by atoms with E-state index in [1.165, 1.54) is 34.0 Å². The molecule has 1 unspecified atom stereocenters. The van der Waals surface area contributed by atoms with Crippen LogP contribution < -0.4 is 10.6 Å². The van der Waals surface area contributed by atoms with Crippen LogP contribution in [0.25, 0.3) is 0 Å². The monoisotopic (exact) mass is 392 g/mol. The van der Waals surface area contributed by atoms with Crippen LogP contribution in [0.4, 0.5) is 0 Å². The zero-order chi connectivity index (χ0) is 17.7. The number of hydrogen-bond donors (Lipinski definition) is 3. The molecule has 2 amide bonds. The van der Waals surface area contributed by atoms with Gasteiger partial charge in [0, 0.05) is 17.0 Å². The molecule has 8 heteroatoms. The van der Waals surface area contributed by atoms with E-state index in [0.29, 0.717) is 17.0 Å². The minimum Gasteiger partial charge on any atom is -0.378 e. The Morgan fingerprint density at radius 3 is 2.40 bits per heavy atom. The number of hydrogen-bond acceptors (Lipinski definition) is 6. The summed E-state index contributed by atoms with van der Waals surface area (Å²) in [4.78, 5) is 24.7. The lowest BCUT2D eigenvalue weighted by molar-refractivity contribution is -0.139. The highest BCUT2D eigenvalue weighted by atomic mass is 32.1. The van der Waals surface area contributed by atoms with E-state index >= 15 is 0 Å². The lowest BCUT2D eigenvalue weighted by Crippen LogP contribution is -2.46. The van der Waals surface area contributed by atoms with E-state index in [4.69, 9.17) is 0 Å². The van der Waals surface area contributed by atoms with Crippen molar-refractivity contribution < 1.29 is 14.7 Å². The number of aliphatic hydroxyl groups is 1. The summed E-state index contributed by atoms with van der Waals surface area (Å²) in [5, 5.41) is 25.6. The molecule has 3 N–H and O–H groups in total. The maximum atomic E-state index is 12.1. The fraction of sp³-hybridized carbons (Fsp3) is 0.176. The van der Waals surface area contributed by atoms with Crippen molar-refractivity contribution in [1.29, 1.82) is 0 Å². The Kier molecular flexibility index (Phi) is 5.64. The molecule has 0 aromatic carbocycles. The fourth-order valence-corrected chi connectivity index (χ4v) is 4.53. The zero-order valence-electron chi connectivity index (χ0n) is 13.1. The lowest BCUT2D eigenvalue weighted by Gasteiger charge is -2.26. The minimum absolute atomic E-state index is 0.0745. The van der Waals surface area contributed by atoms with Gasteiger partial charge < -0.3 is 15.7 Å². The Hall–Kier alpha value is -2.00. The molecule has 3 rings (SSSR count). The van der Waals surface area contributed by atoms with Gasteiger partial charge in [0.05, 0.1) is 6.54 Å². The molecular weight excluding hydrogens is 376 g/mol. The average molecular weight is 393 g/mol. The maximum Gasteiger partial charge on any atom is 0.309 e. The van der Waals surface area contributed by atoms with Gasteiger partial charge in [0.1, 0.15) is 5.60 Å². The third-order valence-corrected chi connectivity index (χ3v) is 6.11. The summed E-state index contributed by atoms with van der Waals surface area (Å²) in [6.07, 6.45) is 0. The van der Waals surface area contributed by atoms with Gasteiger partial charge in [0.25, 0.3) is 0 Å². The van der Waals surface area contributed by atoms with Crippen molar-refractivity contribution in [3.05, 3.63) is 67.2 Å². The molecule has 0 aliphatic carbocycles. The molecule has 3 aromatic heterocycles. The summed E-state index contributed by atoms with van der Waals surface area (Å²) in [6, 6.07) is 7.35. The molecule has 0 aliphatic rings. The summed E-state index contributed by atoms with van der Waals surface area (Å²) in [6.45, 7) is 0.227. The maximum absolute atomic E-state index is 12.1. The van der Waals surface area contributed by atoms with Crippen LogP contribution in [-0.2, 0) is 21.7 Å². The van der Waals surface area contributed by atoms with Gasteiger partial charge >= 0.3 is 11.8 Å².